The molecular formula is C24H26ClFN6O2. The zero-order valence-corrected chi connectivity index (χ0v) is 20.3. The topological polar surface area (TPSA) is 98.6 Å². The third kappa shape index (κ3) is 4.02. The number of pyridine rings is 1. The number of hydrogen-bond donors (Lipinski definition) is 1. The molecule has 10 heteroatoms. The number of nitrogens with zero attached hydrogens (tertiary/aromatic N) is 5. The maximum Gasteiger partial charge on any atom is 0.307 e. The van der Waals surface area contributed by atoms with E-state index in [1.54, 1.807) is 17.6 Å². The molecule has 4 aromatic heterocycles. The summed E-state index contributed by atoms with van der Waals surface area (Å²) in [6.07, 6.45) is 4.96. The summed E-state index contributed by atoms with van der Waals surface area (Å²) in [5, 5.41) is 8.84. The van der Waals surface area contributed by atoms with Crippen molar-refractivity contribution in [3.63, 3.8) is 0 Å². The van der Waals surface area contributed by atoms with E-state index >= 15 is 4.39 Å². The molecule has 0 radical (unpaired) electrons. The van der Waals surface area contributed by atoms with Gasteiger partial charge >= 0.3 is 5.97 Å². The lowest BCUT2D eigenvalue weighted by atomic mass is 9.84. The number of H-pyrrole nitrogens is 1. The van der Waals surface area contributed by atoms with Crippen molar-refractivity contribution >= 4 is 39.6 Å². The highest BCUT2D eigenvalue weighted by molar-refractivity contribution is 6.31. The summed E-state index contributed by atoms with van der Waals surface area (Å²) >= 11 is 6.17. The molecule has 1 aliphatic carbocycles. The van der Waals surface area contributed by atoms with Crippen molar-refractivity contribution in [2.75, 3.05) is 6.61 Å². The minimum Gasteiger partial charge on any atom is -0.466 e. The largest absolute Gasteiger partial charge is 0.466 e. The predicted octanol–water partition coefficient (Wildman–Crippen LogP) is 5.58. The molecule has 1 aliphatic rings. The van der Waals surface area contributed by atoms with E-state index < -0.39 is 5.82 Å². The first kappa shape index (κ1) is 22.7. The Balaban J connectivity index is 1.73. The Kier molecular flexibility index (Phi) is 5.55. The highest BCUT2D eigenvalue weighted by Crippen LogP contribution is 2.45. The van der Waals surface area contributed by atoms with Gasteiger partial charge in [0.15, 0.2) is 17.3 Å². The summed E-state index contributed by atoms with van der Waals surface area (Å²) in [4.78, 5) is 26.3. The highest BCUT2D eigenvalue weighted by atomic mass is 35.5. The maximum atomic E-state index is 15.4. The van der Waals surface area contributed by atoms with Gasteiger partial charge in [-0.1, -0.05) is 32.4 Å². The van der Waals surface area contributed by atoms with Crippen LogP contribution in [0.25, 0.3) is 33.6 Å². The van der Waals surface area contributed by atoms with Gasteiger partial charge in [0.1, 0.15) is 11.3 Å². The Labute approximate surface area is 200 Å². The number of hydrogen-bond acceptors (Lipinski definition) is 6. The van der Waals surface area contributed by atoms with E-state index in [4.69, 9.17) is 26.3 Å². The molecule has 1 saturated carbocycles. The number of carbonyl (C=O) groups is 1. The normalized spacial score (nSPS) is 15.2. The molecule has 0 aromatic carbocycles. The first-order chi connectivity index (χ1) is 16.2. The summed E-state index contributed by atoms with van der Waals surface area (Å²) in [5.41, 5.74) is 1.81. The lowest BCUT2D eigenvalue weighted by molar-refractivity contribution is -0.144. The fourth-order valence-corrected chi connectivity index (χ4v) is 4.53. The summed E-state index contributed by atoms with van der Waals surface area (Å²) in [6, 6.07) is 1.38. The Hall–Kier alpha value is -3.07. The Morgan fingerprint density at radius 3 is 2.79 bits per heavy atom. The second kappa shape index (κ2) is 8.30. The molecule has 1 fully saturated rings. The lowest BCUT2D eigenvalue weighted by Gasteiger charge is -2.31. The first-order valence-electron chi connectivity index (χ1n) is 11.4. The van der Waals surface area contributed by atoms with E-state index in [1.165, 1.54) is 12.4 Å². The molecule has 0 spiro atoms. The number of fused-ring (bicyclic) bond motifs is 2. The number of aromatic nitrogens is 6. The molecule has 1 unspecified atom stereocenters. The van der Waals surface area contributed by atoms with Crippen molar-refractivity contribution < 1.29 is 13.9 Å². The number of nitrogens with one attached hydrogen (secondary N) is 1. The molecular weight excluding hydrogens is 459 g/mol. The number of ether oxygens (including phenoxy) is 1. The standard InChI is InChI=1S/C24H26ClFN6O2/c1-5-34-17(33)9-16(24(2,3)4)32-11-15(26)18-19(12-6-7-12)28-22(29-23(18)32)20-14-8-13(25)10-27-21(14)31-30-20/h8,10-12,16H,5-7,9H2,1-4H3,(H,27,30,31). The molecule has 0 aliphatic heterocycles. The van der Waals surface area contributed by atoms with Gasteiger partial charge in [-0.05, 0) is 31.2 Å². The van der Waals surface area contributed by atoms with Crippen LogP contribution in [0.2, 0.25) is 5.02 Å². The molecule has 1 N–H and O–H groups in total. The van der Waals surface area contributed by atoms with Gasteiger partial charge in [0, 0.05) is 18.3 Å². The number of aromatic amines is 1. The highest BCUT2D eigenvalue weighted by Gasteiger charge is 2.35. The van der Waals surface area contributed by atoms with Gasteiger partial charge in [0.25, 0.3) is 0 Å². The van der Waals surface area contributed by atoms with E-state index in [9.17, 15) is 4.79 Å². The first-order valence-corrected chi connectivity index (χ1v) is 11.8. The van der Waals surface area contributed by atoms with Gasteiger partial charge < -0.3 is 9.30 Å². The van der Waals surface area contributed by atoms with E-state index in [-0.39, 0.29) is 36.4 Å². The van der Waals surface area contributed by atoms with Gasteiger partial charge in [-0.15, -0.1) is 0 Å². The van der Waals surface area contributed by atoms with Crippen LogP contribution in [0.5, 0.6) is 0 Å². The van der Waals surface area contributed by atoms with Crippen molar-refractivity contribution in [3.8, 4) is 11.5 Å². The fraction of sp³-hybridized carbons (Fsp3) is 0.458. The van der Waals surface area contributed by atoms with Gasteiger partial charge in [-0.3, -0.25) is 9.89 Å². The summed E-state index contributed by atoms with van der Waals surface area (Å²) in [5.74, 6) is -0.189. The van der Waals surface area contributed by atoms with Crippen LogP contribution in [0.15, 0.2) is 18.5 Å². The molecule has 4 heterocycles. The molecule has 0 bridgehead atoms. The number of rotatable bonds is 6. The SMILES string of the molecule is CCOC(=O)CC(n1cc(F)c2c(C3CC3)nc(-c3n[nH]c4ncc(Cl)cc34)nc21)C(C)(C)C. The maximum absolute atomic E-state index is 15.4. The summed E-state index contributed by atoms with van der Waals surface area (Å²) < 4.78 is 22.4. The van der Waals surface area contributed by atoms with E-state index in [0.717, 1.165) is 12.8 Å². The molecule has 0 amide bonds. The van der Waals surface area contributed by atoms with E-state index in [2.05, 4.69) is 15.2 Å². The minimum atomic E-state index is -0.391. The molecule has 1 atom stereocenters. The Morgan fingerprint density at radius 2 is 2.12 bits per heavy atom. The van der Waals surface area contributed by atoms with Crippen molar-refractivity contribution in [3.05, 3.63) is 35.0 Å². The molecule has 5 rings (SSSR count). The second-order valence-electron chi connectivity index (χ2n) is 9.80. The molecule has 0 saturated heterocycles. The quantitative estimate of drug-likeness (QED) is 0.359. The van der Waals surface area contributed by atoms with E-state index in [0.29, 0.717) is 44.3 Å². The van der Waals surface area contributed by atoms with Crippen LogP contribution in [-0.2, 0) is 9.53 Å². The zero-order valence-electron chi connectivity index (χ0n) is 19.5. The molecule has 178 valence electrons. The summed E-state index contributed by atoms with van der Waals surface area (Å²) in [7, 11) is 0. The molecule has 4 aromatic rings. The van der Waals surface area contributed by atoms with Crippen molar-refractivity contribution in [1.29, 1.82) is 0 Å². The van der Waals surface area contributed by atoms with Crippen LogP contribution in [0.3, 0.4) is 0 Å². The smallest absolute Gasteiger partial charge is 0.307 e. The molecule has 34 heavy (non-hydrogen) atoms. The average molecular weight is 485 g/mol. The van der Waals surface area contributed by atoms with Crippen LogP contribution in [0.1, 0.15) is 64.6 Å². The zero-order chi connectivity index (χ0) is 24.2. The predicted molar refractivity (Wildman–Crippen MR) is 127 cm³/mol. The van der Waals surface area contributed by atoms with Crippen molar-refractivity contribution in [2.24, 2.45) is 5.41 Å². The van der Waals surface area contributed by atoms with E-state index in [1.807, 2.05) is 20.8 Å². The van der Waals surface area contributed by atoms with Crippen LogP contribution < -0.4 is 0 Å². The Morgan fingerprint density at radius 1 is 1.35 bits per heavy atom. The van der Waals surface area contributed by atoms with Crippen LogP contribution in [0.4, 0.5) is 4.39 Å². The van der Waals surface area contributed by atoms with Crippen LogP contribution in [-0.4, -0.2) is 42.3 Å². The third-order valence-electron chi connectivity index (χ3n) is 6.21. The number of halogens is 2. The minimum absolute atomic E-state index is 0.101. The Bertz CT molecular complexity index is 1400. The second-order valence-corrected chi connectivity index (χ2v) is 10.2. The van der Waals surface area contributed by atoms with Gasteiger partial charge in [-0.2, -0.15) is 5.10 Å². The third-order valence-corrected chi connectivity index (χ3v) is 6.42. The van der Waals surface area contributed by atoms with Crippen molar-refractivity contribution in [1.82, 2.24) is 29.7 Å². The van der Waals surface area contributed by atoms with Crippen molar-refractivity contribution in [2.45, 2.75) is 58.9 Å². The van der Waals surface area contributed by atoms with Crippen LogP contribution in [0, 0.1) is 11.2 Å². The van der Waals surface area contributed by atoms with Gasteiger partial charge in [0.05, 0.1) is 40.6 Å². The lowest BCUT2D eigenvalue weighted by Crippen LogP contribution is -2.27. The van der Waals surface area contributed by atoms with Gasteiger partial charge in [0.2, 0.25) is 0 Å². The molecule has 8 nitrogen and oxygen atoms in total. The monoisotopic (exact) mass is 484 g/mol. The average Bonchev–Trinajstić information content (AvgIpc) is 3.46. The number of esters is 1. The number of carbonyl (C=O) groups excluding carboxylic acids is 1. The summed E-state index contributed by atoms with van der Waals surface area (Å²) in [6.45, 7) is 8.10. The van der Waals surface area contributed by atoms with Gasteiger partial charge in [-0.25, -0.2) is 19.3 Å². The van der Waals surface area contributed by atoms with Crippen LogP contribution >= 0.6 is 11.6 Å². The fourth-order valence-electron chi connectivity index (χ4n) is 4.37.